The highest BCUT2D eigenvalue weighted by Gasteiger charge is 2.34. The largest absolute Gasteiger partial charge is 0.417 e. The van der Waals surface area contributed by atoms with Crippen molar-refractivity contribution in [3.63, 3.8) is 0 Å². The van der Waals surface area contributed by atoms with Gasteiger partial charge in [0.25, 0.3) is 5.91 Å². The molecule has 1 aromatic carbocycles. The van der Waals surface area contributed by atoms with Crippen molar-refractivity contribution in [2.45, 2.75) is 25.7 Å². The smallest absolute Gasteiger partial charge is 0.395 e. The SMILES string of the molecule is CC(N)/C=C(\N)n1nc(CNCCO)cc1NC(=O)c1ccc(C(F)(F)F)c(-c2ccn(C)n2)c1. The van der Waals surface area contributed by atoms with Crippen molar-refractivity contribution in [3.8, 4) is 11.3 Å². The molecular formula is C22H27F3N8O2. The van der Waals surface area contributed by atoms with Gasteiger partial charge < -0.3 is 27.2 Å². The lowest BCUT2D eigenvalue weighted by Crippen LogP contribution is -2.21. The van der Waals surface area contributed by atoms with Gasteiger partial charge in [-0.2, -0.15) is 23.4 Å². The lowest BCUT2D eigenvalue weighted by atomic mass is 10.0. The Hall–Kier alpha value is -3.68. The summed E-state index contributed by atoms with van der Waals surface area (Å²) in [6.45, 7) is 2.26. The van der Waals surface area contributed by atoms with E-state index in [-0.39, 0.29) is 41.6 Å². The molecule has 10 nitrogen and oxygen atoms in total. The number of hydrogen-bond donors (Lipinski definition) is 5. The molecule has 0 aliphatic heterocycles. The van der Waals surface area contributed by atoms with E-state index in [1.807, 2.05) is 0 Å². The van der Waals surface area contributed by atoms with Crippen molar-refractivity contribution in [2.75, 3.05) is 18.5 Å². The minimum atomic E-state index is -4.63. The van der Waals surface area contributed by atoms with Gasteiger partial charge in [0.15, 0.2) is 0 Å². The second kappa shape index (κ2) is 10.7. The fraction of sp³-hybridized carbons (Fsp3) is 0.318. The third kappa shape index (κ3) is 6.47. The Labute approximate surface area is 199 Å². The zero-order valence-electron chi connectivity index (χ0n) is 19.2. The van der Waals surface area contributed by atoms with E-state index in [2.05, 4.69) is 20.8 Å². The summed E-state index contributed by atoms with van der Waals surface area (Å²) < 4.78 is 43.4. The van der Waals surface area contributed by atoms with Gasteiger partial charge in [-0.3, -0.25) is 9.48 Å². The number of alkyl halides is 3. The van der Waals surface area contributed by atoms with Crippen LogP contribution in [0.25, 0.3) is 17.1 Å². The van der Waals surface area contributed by atoms with Crippen molar-refractivity contribution < 1.29 is 23.1 Å². The Morgan fingerprint density at radius 1 is 1.26 bits per heavy atom. The Kier molecular flexibility index (Phi) is 7.94. The van der Waals surface area contributed by atoms with Gasteiger partial charge in [-0.25, -0.2) is 4.68 Å². The van der Waals surface area contributed by atoms with Crippen molar-refractivity contribution >= 4 is 17.5 Å². The molecule has 3 rings (SSSR count). The summed E-state index contributed by atoms with van der Waals surface area (Å²) in [6, 6.07) is 5.70. The highest BCUT2D eigenvalue weighted by molar-refractivity contribution is 6.05. The minimum absolute atomic E-state index is 0.0129. The van der Waals surface area contributed by atoms with Crippen LogP contribution in [0.2, 0.25) is 0 Å². The van der Waals surface area contributed by atoms with Crippen molar-refractivity contribution in [3.05, 3.63) is 59.4 Å². The number of amides is 1. The van der Waals surface area contributed by atoms with E-state index in [0.717, 1.165) is 18.2 Å². The van der Waals surface area contributed by atoms with Gasteiger partial charge in [-0.1, -0.05) is 0 Å². The number of rotatable bonds is 9. The third-order valence-corrected chi connectivity index (χ3v) is 4.85. The van der Waals surface area contributed by atoms with E-state index in [1.165, 1.54) is 27.7 Å². The molecule has 0 radical (unpaired) electrons. The Bertz CT molecular complexity index is 1210. The van der Waals surface area contributed by atoms with Crippen LogP contribution in [0.4, 0.5) is 19.0 Å². The van der Waals surface area contributed by atoms with Gasteiger partial charge in [-0.05, 0) is 37.3 Å². The molecule has 1 amide bonds. The molecule has 0 saturated carbocycles. The number of aliphatic hydroxyl groups is 1. The molecule has 3 aromatic rings. The number of halogens is 3. The van der Waals surface area contributed by atoms with E-state index in [9.17, 15) is 18.0 Å². The normalized spacial score (nSPS) is 13.2. The summed E-state index contributed by atoms with van der Waals surface area (Å²) in [6.07, 6.45) is -1.58. The average molecular weight is 493 g/mol. The third-order valence-electron chi connectivity index (χ3n) is 4.85. The first-order valence-electron chi connectivity index (χ1n) is 10.7. The number of benzene rings is 1. The van der Waals surface area contributed by atoms with E-state index in [0.29, 0.717) is 12.2 Å². The predicted molar refractivity (Wildman–Crippen MR) is 125 cm³/mol. The van der Waals surface area contributed by atoms with Gasteiger partial charge in [0.1, 0.15) is 11.6 Å². The number of carbonyl (C=O) groups is 1. The Morgan fingerprint density at radius 3 is 2.60 bits per heavy atom. The Balaban J connectivity index is 1.96. The van der Waals surface area contributed by atoms with Crippen LogP contribution in [0.15, 0.2) is 42.6 Å². The van der Waals surface area contributed by atoms with Crippen LogP contribution in [-0.4, -0.2) is 49.8 Å². The summed E-state index contributed by atoms with van der Waals surface area (Å²) in [5.74, 6) is -0.310. The molecule has 7 N–H and O–H groups in total. The van der Waals surface area contributed by atoms with Crippen LogP contribution in [0.5, 0.6) is 0 Å². The highest BCUT2D eigenvalue weighted by atomic mass is 19.4. The fourth-order valence-electron chi connectivity index (χ4n) is 3.33. The van der Waals surface area contributed by atoms with Gasteiger partial charge in [0.05, 0.1) is 23.6 Å². The van der Waals surface area contributed by atoms with Crippen molar-refractivity contribution in [1.29, 1.82) is 0 Å². The summed E-state index contributed by atoms with van der Waals surface area (Å²) in [4.78, 5) is 13.0. The quantitative estimate of drug-likeness (QED) is 0.286. The van der Waals surface area contributed by atoms with E-state index >= 15 is 0 Å². The number of anilines is 1. The zero-order chi connectivity index (χ0) is 25.8. The number of aromatic nitrogens is 4. The summed E-state index contributed by atoms with van der Waals surface area (Å²) in [5.41, 5.74) is 11.3. The monoisotopic (exact) mass is 492 g/mol. The topological polar surface area (TPSA) is 149 Å². The lowest BCUT2D eigenvalue weighted by molar-refractivity contribution is -0.137. The predicted octanol–water partition coefficient (Wildman–Crippen LogP) is 1.74. The summed E-state index contributed by atoms with van der Waals surface area (Å²) in [7, 11) is 1.58. The lowest BCUT2D eigenvalue weighted by Gasteiger charge is -2.14. The molecule has 2 aromatic heterocycles. The number of carbonyl (C=O) groups excluding carboxylic acids is 1. The molecule has 13 heteroatoms. The number of nitrogens with zero attached hydrogens (tertiary/aromatic N) is 4. The van der Waals surface area contributed by atoms with Crippen LogP contribution in [-0.2, 0) is 19.8 Å². The fourth-order valence-corrected chi connectivity index (χ4v) is 3.33. The van der Waals surface area contributed by atoms with E-state index in [4.69, 9.17) is 16.6 Å². The first kappa shape index (κ1) is 25.9. The molecule has 35 heavy (non-hydrogen) atoms. The van der Waals surface area contributed by atoms with Crippen LogP contribution in [0.3, 0.4) is 0 Å². The first-order chi connectivity index (χ1) is 16.5. The van der Waals surface area contributed by atoms with Gasteiger partial charge >= 0.3 is 6.18 Å². The van der Waals surface area contributed by atoms with Gasteiger partial charge in [-0.15, -0.1) is 0 Å². The van der Waals surface area contributed by atoms with Crippen molar-refractivity contribution in [1.82, 2.24) is 24.9 Å². The van der Waals surface area contributed by atoms with E-state index < -0.39 is 23.7 Å². The number of aryl methyl sites for hydroxylation is 1. The maximum absolute atomic E-state index is 13.6. The molecule has 0 aliphatic rings. The van der Waals surface area contributed by atoms with Gasteiger partial charge in [0.2, 0.25) is 0 Å². The molecule has 2 heterocycles. The van der Waals surface area contributed by atoms with E-state index in [1.54, 1.807) is 20.0 Å². The maximum atomic E-state index is 13.6. The molecular weight excluding hydrogens is 465 g/mol. The van der Waals surface area contributed by atoms with Crippen LogP contribution < -0.4 is 22.1 Å². The molecule has 188 valence electrons. The second-order valence-corrected chi connectivity index (χ2v) is 7.87. The molecule has 1 atom stereocenters. The summed E-state index contributed by atoms with van der Waals surface area (Å²) >= 11 is 0. The maximum Gasteiger partial charge on any atom is 0.417 e. The molecule has 0 bridgehead atoms. The zero-order valence-corrected chi connectivity index (χ0v) is 19.2. The van der Waals surface area contributed by atoms with Crippen LogP contribution in [0, 0.1) is 0 Å². The molecule has 0 saturated heterocycles. The number of aliphatic hydroxyl groups excluding tert-OH is 1. The molecule has 0 spiro atoms. The van der Waals surface area contributed by atoms with Crippen LogP contribution >= 0.6 is 0 Å². The van der Waals surface area contributed by atoms with Crippen LogP contribution in [0.1, 0.15) is 28.5 Å². The molecule has 1 unspecified atom stereocenters. The average Bonchev–Trinajstić information content (AvgIpc) is 3.38. The highest BCUT2D eigenvalue weighted by Crippen LogP contribution is 2.37. The Morgan fingerprint density at radius 2 is 2.00 bits per heavy atom. The number of nitrogens with two attached hydrogens (primary N) is 2. The second-order valence-electron chi connectivity index (χ2n) is 7.87. The molecule has 0 aliphatic carbocycles. The minimum Gasteiger partial charge on any atom is -0.395 e. The standard InChI is InChI=1S/C22H27F3N8O2/c1-13(26)9-19(27)33-20(11-15(30-33)12-28-6-8-34)29-21(35)14-3-4-17(22(23,24)25)16(10-14)18-5-7-32(2)31-18/h3-5,7,9-11,13,28,34H,6,8,12,26-27H2,1-2H3,(H,29,35)/b19-9+. The summed E-state index contributed by atoms with van der Waals surface area (Å²) in [5, 5.41) is 23.0. The van der Waals surface area contributed by atoms with Crippen molar-refractivity contribution in [2.24, 2.45) is 18.5 Å². The number of nitrogens with one attached hydrogen (secondary N) is 2. The first-order valence-corrected chi connectivity index (χ1v) is 10.7. The number of hydrogen-bond acceptors (Lipinski definition) is 7. The molecule has 0 fully saturated rings. The van der Waals surface area contributed by atoms with Gasteiger partial charge in [0, 0.05) is 49.6 Å².